The number of hydrogen-bond acceptors (Lipinski definition) is 5. The summed E-state index contributed by atoms with van der Waals surface area (Å²) < 4.78 is 50.4. The van der Waals surface area contributed by atoms with Gasteiger partial charge in [-0.15, -0.1) is 11.8 Å². The molecule has 1 aromatic rings. The number of carbonyl (C=O) groups is 1. The van der Waals surface area contributed by atoms with Gasteiger partial charge in [0.15, 0.2) is 0 Å². The fourth-order valence-corrected chi connectivity index (χ4v) is 5.19. The predicted molar refractivity (Wildman–Crippen MR) is 103 cm³/mol. The molecule has 2 saturated heterocycles. The number of piperidine rings is 1. The molecule has 9 heteroatoms. The Morgan fingerprint density at radius 3 is 2.66 bits per heavy atom. The summed E-state index contributed by atoms with van der Waals surface area (Å²) in [6, 6.07) is 1.89. The van der Waals surface area contributed by atoms with E-state index in [2.05, 4.69) is 10.2 Å². The number of likely N-dealkylation sites (tertiary alicyclic amines) is 1. The first kappa shape index (κ1) is 20.8. The number of rotatable bonds is 5. The average Bonchev–Trinajstić information content (AvgIpc) is 3.31. The summed E-state index contributed by atoms with van der Waals surface area (Å²) in [4.78, 5) is 15.8. The topological polar surface area (TPSA) is 50.8 Å². The Morgan fingerprint density at radius 1 is 1.31 bits per heavy atom. The minimum atomic E-state index is -4.51. The van der Waals surface area contributed by atoms with Crippen molar-refractivity contribution < 1.29 is 27.4 Å². The van der Waals surface area contributed by atoms with E-state index in [0.717, 1.165) is 55.2 Å². The lowest BCUT2D eigenvalue weighted by atomic mass is 10.0. The number of nitrogens with one attached hydrogen (secondary N) is 1. The van der Waals surface area contributed by atoms with Gasteiger partial charge in [-0.25, -0.2) is 0 Å². The number of benzene rings is 1. The predicted octanol–water partition coefficient (Wildman–Crippen LogP) is 3.27. The molecule has 3 aliphatic rings. The van der Waals surface area contributed by atoms with Crippen molar-refractivity contribution in [1.29, 1.82) is 0 Å². The minimum Gasteiger partial charge on any atom is -0.496 e. The molecule has 0 radical (unpaired) electrons. The van der Waals surface area contributed by atoms with Gasteiger partial charge in [0.1, 0.15) is 5.75 Å². The molecule has 0 spiro atoms. The molecule has 4 atom stereocenters. The van der Waals surface area contributed by atoms with Crippen molar-refractivity contribution in [3.05, 3.63) is 23.3 Å². The third-order valence-electron chi connectivity index (χ3n) is 6.17. The molecule has 5 nitrogen and oxygen atoms in total. The highest BCUT2D eigenvalue weighted by Gasteiger charge is 2.48. The highest BCUT2D eigenvalue weighted by atomic mass is 32.2. The summed E-state index contributed by atoms with van der Waals surface area (Å²) in [6.45, 7) is 3.17. The van der Waals surface area contributed by atoms with E-state index in [1.165, 1.54) is 13.5 Å². The van der Waals surface area contributed by atoms with Crippen LogP contribution >= 0.6 is 11.8 Å². The standard InChI is InChI=1S/C20H25F3N2O3S/c1-27-16-6-13(20(21,22)23)7-17(29-2)18(16)19(26)24-14-10-28-4-3-15(14)25-8-11-5-12(11)9-25/h6-7,11-12,14-15H,3-5,8-10H2,1-2H3,(H,24,26)/t11-,12+,14-,15-/m1/s1. The van der Waals surface area contributed by atoms with Gasteiger partial charge < -0.3 is 14.8 Å². The van der Waals surface area contributed by atoms with Crippen LogP contribution in [-0.4, -0.2) is 62.6 Å². The molecule has 0 aromatic heterocycles. The first-order valence-corrected chi connectivity index (χ1v) is 11.0. The molecule has 1 saturated carbocycles. The maximum Gasteiger partial charge on any atom is 0.416 e. The van der Waals surface area contributed by atoms with Gasteiger partial charge in [0.05, 0.1) is 30.9 Å². The van der Waals surface area contributed by atoms with Gasteiger partial charge in [0, 0.05) is 30.6 Å². The molecule has 29 heavy (non-hydrogen) atoms. The number of carbonyl (C=O) groups excluding carboxylic acids is 1. The molecule has 0 unspecified atom stereocenters. The molecular formula is C20H25F3N2O3S. The third kappa shape index (κ3) is 4.22. The molecule has 160 valence electrons. The van der Waals surface area contributed by atoms with Crippen LogP contribution in [0.15, 0.2) is 17.0 Å². The largest absolute Gasteiger partial charge is 0.496 e. The second-order valence-electron chi connectivity index (χ2n) is 7.97. The van der Waals surface area contributed by atoms with Crippen LogP contribution in [0.2, 0.25) is 0 Å². The van der Waals surface area contributed by atoms with Crippen LogP contribution in [0.25, 0.3) is 0 Å². The van der Waals surface area contributed by atoms with E-state index < -0.39 is 17.6 Å². The maximum atomic E-state index is 13.2. The Kier molecular flexibility index (Phi) is 5.74. The van der Waals surface area contributed by atoms with Crippen LogP contribution < -0.4 is 10.1 Å². The van der Waals surface area contributed by atoms with E-state index in [4.69, 9.17) is 9.47 Å². The van der Waals surface area contributed by atoms with Gasteiger partial charge in [0.2, 0.25) is 0 Å². The molecule has 2 aliphatic heterocycles. The molecule has 1 aliphatic carbocycles. The van der Waals surface area contributed by atoms with Crippen LogP contribution in [0.3, 0.4) is 0 Å². The van der Waals surface area contributed by atoms with Gasteiger partial charge in [-0.1, -0.05) is 0 Å². The van der Waals surface area contributed by atoms with Crippen molar-refractivity contribution in [3.63, 3.8) is 0 Å². The second kappa shape index (κ2) is 8.00. The van der Waals surface area contributed by atoms with E-state index >= 15 is 0 Å². The van der Waals surface area contributed by atoms with E-state index in [9.17, 15) is 18.0 Å². The molecule has 0 bridgehead atoms. The number of ether oxygens (including phenoxy) is 2. The van der Waals surface area contributed by atoms with Crippen LogP contribution in [0.1, 0.15) is 28.8 Å². The number of thioether (sulfide) groups is 1. The number of hydrogen-bond donors (Lipinski definition) is 1. The van der Waals surface area contributed by atoms with Crippen molar-refractivity contribution in [2.24, 2.45) is 11.8 Å². The smallest absolute Gasteiger partial charge is 0.416 e. The summed E-state index contributed by atoms with van der Waals surface area (Å²) in [5.41, 5.74) is -0.688. The molecular weight excluding hydrogens is 405 g/mol. The first-order chi connectivity index (χ1) is 13.8. The Bertz CT molecular complexity index is 754. The van der Waals surface area contributed by atoms with Crippen molar-refractivity contribution in [1.82, 2.24) is 10.2 Å². The fourth-order valence-electron chi connectivity index (χ4n) is 4.55. The van der Waals surface area contributed by atoms with Gasteiger partial charge in [-0.05, 0) is 43.1 Å². The number of methoxy groups -OCH3 is 1. The SMILES string of the molecule is COc1cc(C(F)(F)F)cc(SC)c1C(=O)N[C@@H]1COCC[C@H]1N1C[C@H]2C[C@H]2C1. The Morgan fingerprint density at radius 2 is 2.03 bits per heavy atom. The van der Waals surface area contributed by atoms with Gasteiger partial charge in [0.25, 0.3) is 5.91 Å². The second-order valence-corrected chi connectivity index (χ2v) is 8.82. The Hall–Kier alpha value is -1.45. The van der Waals surface area contributed by atoms with E-state index in [-0.39, 0.29) is 28.3 Å². The van der Waals surface area contributed by atoms with Crippen molar-refractivity contribution >= 4 is 17.7 Å². The average molecular weight is 430 g/mol. The van der Waals surface area contributed by atoms with Crippen molar-refractivity contribution in [2.45, 2.75) is 36.0 Å². The van der Waals surface area contributed by atoms with Gasteiger partial charge in [-0.2, -0.15) is 13.2 Å². The van der Waals surface area contributed by atoms with E-state index in [0.29, 0.717) is 13.2 Å². The number of halogens is 3. The molecule has 4 rings (SSSR count). The minimum absolute atomic E-state index is 0.0719. The molecule has 1 aromatic carbocycles. The summed E-state index contributed by atoms with van der Waals surface area (Å²) in [6.07, 6.45) is -0.721. The van der Waals surface area contributed by atoms with E-state index in [1.54, 1.807) is 6.26 Å². The summed E-state index contributed by atoms with van der Waals surface area (Å²) in [5, 5.41) is 3.02. The lowest BCUT2D eigenvalue weighted by molar-refractivity contribution is -0.137. The number of alkyl halides is 3. The molecule has 1 amide bonds. The van der Waals surface area contributed by atoms with Gasteiger partial charge >= 0.3 is 6.18 Å². The number of nitrogens with zero attached hydrogens (tertiary/aromatic N) is 1. The highest BCUT2D eigenvalue weighted by Crippen LogP contribution is 2.46. The van der Waals surface area contributed by atoms with Crippen LogP contribution in [-0.2, 0) is 10.9 Å². The highest BCUT2D eigenvalue weighted by molar-refractivity contribution is 7.98. The molecule has 1 N–H and O–H groups in total. The molecule has 3 fully saturated rings. The zero-order valence-corrected chi connectivity index (χ0v) is 17.2. The number of fused-ring (bicyclic) bond motifs is 1. The zero-order valence-electron chi connectivity index (χ0n) is 16.4. The van der Waals surface area contributed by atoms with Gasteiger partial charge in [-0.3, -0.25) is 9.69 Å². The lowest BCUT2D eigenvalue weighted by Gasteiger charge is -2.39. The summed E-state index contributed by atoms with van der Waals surface area (Å²) >= 11 is 1.10. The monoisotopic (exact) mass is 430 g/mol. The van der Waals surface area contributed by atoms with Crippen molar-refractivity contribution in [2.75, 3.05) is 39.7 Å². The fraction of sp³-hybridized carbons (Fsp3) is 0.650. The zero-order chi connectivity index (χ0) is 20.8. The third-order valence-corrected chi connectivity index (χ3v) is 6.93. The molecule has 2 heterocycles. The van der Waals surface area contributed by atoms with Crippen LogP contribution in [0, 0.1) is 11.8 Å². The summed E-state index contributed by atoms with van der Waals surface area (Å²) in [7, 11) is 1.28. The normalized spacial score (nSPS) is 29.4. The maximum absolute atomic E-state index is 13.2. The van der Waals surface area contributed by atoms with Crippen LogP contribution in [0.4, 0.5) is 13.2 Å². The lowest BCUT2D eigenvalue weighted by Crippen LogP contribution is -2.56. The summed E-state index contributed by atoms with van der Waals surface area (Å²) in [5.74, 6) is 1.07. The number of amides is 1. The quantitative estimate of drug-likeness (QED) is 0.727. The first-order valence-electron chi connectivity index (χ1n) is 9.77. The Balaban J connectivity index is 1.56. The van der Waals surface area contributed by atoms with Crippen molar-refractivity contribution in [3.8, 4) is 5.75 Å². The van der Waals surface area contributed by atoms with E-state index in [1.807, 2.05) is 0 Å². The Labute approximate surface area is 172 Å². The van der Waals surface area contributed by atoms with Crippen LogP contribution in [0.5, 0.6) is 5.75 Å².